The van der Waals surface area contributed by atoms with Crippen LogP contribution in [0.3, 0.4) is 0 Å². The SMILES string of the molecule is CCNC(=O)N1CCN(C(=O)C2CC3CCCCC3N2)CC1. The molecule has 0 aromatic rings. The average molecular weight is 308 g/mol. The second-order valence-electron chi connectivity index (χ2n) is 6.75. The number of rotatable bonds is 2. The first-order chi connectivity index (χ1) is 10.7. The van der Waals surface area contributed by atoms with E-state index in [4.69, 9.17) is 0 Å². The summed E-state index contributed by atoms with van der Waals surface area (Å²) in [6, 6.07) is 0.544. The first-order valence-corrected chi connectivity index (χ1v) is 8.76. The smallest absolute Gasteiger partial charge is 0.317 e. The number of hydrogen-bond acceptors (Lipinski definition) is 3. The second-order valence-corrected chi connectivity index (χ2v) is 6.75. The zero-order valence-electron chi connectivity index (χ0n) is 13.5. The van der Waals surface area contributed by atoms with E-state index in [1.807, 2.05) is 11.8 Å². The first kappa shape index (κ1) is 15.6. The molecule has 3 aliphatic rings. The fourth-order valence-corrected chi connectivity index (χ4v) is 4.12. The van der Waals surface area contributed by atoms with Gasteiger partial charge >= 0.3 is 6.03 Å². The highest BCUT2D eigenvalue weighted by atomic mass is 16.2. The molecule has 0 bridgehead atoms. The number of hydrogen-bond donors (Lipinski definition) is 2. The quantitative estimate of drug-likeness (QED) is 0.792. The summed E-state index contributed by atoms with van der Waals surface area (Å²) in [5, 5.41) is 6.38. The van der Waals surface area contributed by atoms with E-state index in [-0.39, 0.29) is 18.0 Å². The summed E-state index contributed by atoms with van der Waals surface area (Å²) in [7, 11) is 0. The van der Waals surface area contributed by atoms with Crippen LogP contribution in [0.4, 0.5) is 4.79 Å². The van der Waals surface area contributed by atoms with Crippen molar-refractivity contribution in [1.29, 1.82) is 0 Å². The van der Waals surface area contributed by atoms with Gasteiger partial charge in [0.2, 0.25) is 5.91 Å². The van der Waals surface area contributed by atoms with Gasteiger partial charge < -0.3 is 20.4 Å². The lowest BCUT2D eigenvalue weighted by Gasteiger charge is -2.36. The van der Waals surface area contributed by atoms with Crippen LogP contribution in [0.2, 0.25) is 0 Å². The Labute approximate surface area is 132 Å². The molecule has 1 saturated carbocycles. The lowest BCUT2D eigenvalue weighted by molar-refractivity contribution is -0.134. The van der Waals surface area contributed by atoms with Crippen LogP contribution in [0.25, 0.3) is 0 Å². The Hall–Kier alpha value is -1.30. The van der Waals surface area contributed by atoms with Crippen LogP contribution in [0.1, 0.15) is 39.0 Å². The molecule has 6 heteroatoms. The first-order valence-electron chi connectivity index (χ1n) is 8.76. The minimum Gasteiger partial charge on any atom is -0.338 e. The highest BCUT2D eigenvalue weighted by molar-refractivity contribution is 5.83. The van der Waals surface area contributed by atoms with Crippen molar-refractivity contribution >= 4 is 11.9 Å². The molecule has 3 unspecified atom stereocenters. The van der Waals surface area contributed by atoms with E-state index in [0.29, 0.717) is 44.7 Å². The van der Waals surface area contributed by atoms with Crippen molar-refractivity contribution in [3.05, 3.63) is 0 Å². The van der Waals surface area contributed by atoms with E-state index >= 15 is 0 Å². The monoisotopic (exact) mass is 308 g/mol. The third-order valence-electron chi connectivity index (χ3n) is 5.37. The van der Waals surface area contributed by atoms with E-state index in [1.54, 1.807) is 4.90 Å². The molecule has 3 fully saturated rings. The maximum atomic E-state index is 12.7. The van der Waals surface area contributed by atoms with Gasteiger partial charge in [0, 0.05) is 38.8 Å². The molecule has 0 aromatic heterocycles. The predicted octanol–water partition coefficient (Wildman–Crippen LogP) is 0.781. The number of fused-ring (bicyclic) bond motifs is 1. The lowest BCUT2D eigenvalue weighted by Crippen LogP contribution is -2.56. The third kappa shape index (κ3) is 3.21. The summed E-state index contributed by atoms with van der Waals surface area (Å²) in [5.74, 6) is 0.935. The molecule has 3 amide bonds. The Kier molecular flexibility index (Phi) is 4.86. The molecule has 0 radical (unpaired) electrons. The maximum Gasteiger partial charge on any atom is 0.317 e. The van der Waals surface area contributed by atoms with Crippen LogP contribution in [0, 0.1) is 5.92 Å². The fraction of sp³-hybridized carbons (Fsp3) is 0.875. The summed E-state index contributed by atoms with van der Waals surface area (Å²) in [4.78, 5) is 28.2. The molecule has 124 valence electrons. The number of carbonyl (C=O) groups is 2. The standard InChI is InChI=1S/C16H28N4O2/c1-2-17-16(22)20-9-7-19(8-10-20)15(21)14-11-12-5-3-4-6-13(12)18-14/h12-14,18H,2-11H2,1H3,(H,17,22). The van der Waals surface area contributed by atoms with E-state index in [9.17, 15) is 9.59 Å². The molecule has 1 aliphatic carbocycles. The minimum absolute atomic E-state index is 0.00381. The van der Waals surface area contributed by atoms with Crippen molar-refractivity contribution in [3.8, 4) is 0 Å². The summed E-state index contributed by atoms with van der Waals surface area (Å²) < 4.78 is 0. The topological polar surface area (TPSA) is 64.7 Å². The molecular weight excluding hydrogens is 280 g/mol. The van der Waals surface area contributed by atoms with E-state index in [1.165, 1.54) is 25.7 Å². The van der Waals surface area contributed by atoms with Crippen LogP contribution in [0.5, 0.6) is 0 Å². The van der Waals surface area contributed by atoms with Crippen molar-refractivity contribution in [2.45, 2.75) is 51.1 Å². The molecular formula is C16H28N4O2. The van der Waals surface area contributed by atoms with Crippen LogP contribution >= 0.6 is 0 Å². The Morgan fingerprint density at radius 3 is 2.45 bits per heavy atom. The maximum absolute atomic E-state index is 12.7. The van der Waals surface area contributed by atoms with Crippen LogP contribution in [-0.2, 0) is 4.79 Å². The van der Waals surface area contributed by atoms with E-state index in [0.717, 1.165) is 6.42 Å². The molecule has 3 atom stereocenters. The van der Waals surface area contributed by atoms with Gasteiger partial charge in [-0.25, -0.2) is 4.79 Å². The van der Waals surface area contributed by atoms with Crippen molar-refractivity contribution < 1.29 is 9.59 Å². The molecule has 3 rings (SSSR count). The molecule has 0 aromatic carbocycles. The summed E-state index contributed by atoms with van der Waals surface area (Å²) in [6.45, 7) is 5.15. The Morgan fingerprint density at radius 2 is 1.77 bits per heavy atom. The fourth-order valence-electron chi connectivity index (χ4n) is 4.12. The van der Waals surface area contributed by atoms with Gasteiger partial charge in [-0.15, -0.1) is 0 Å². The minimum atomic E-state index is -0.0142. The van der Waals surface area contributed by atoms with Crippen molar-refractivity contribution in [1.82, 2.24) is 20.4 Å². The van der Waals surface area contributed by atoms with Crippen LogP contribution in [0.15, 0.2) is 0 Å². The highest BCUT2D eigenvalue weighted by Gasteiger charge is 2.40. The average Bonchev–Trinajstić information content (AvgIpc) is 2.98. The van der Waals surface area contributed by atoms with Gasteiger partial charge in [0.25, 0.3) is 0 Å². The molecule has 2 aliphatic heterocycles. The van der Waals surface area contributed by atoms with Gasteiger partial charge in [-0.1, -0.05) is 12.8 Å². The largest absolute Gasteiger partial charge is 0.338 e. The third-order valence-corrected chi connectivity index (χ3v) is 5.37. The van der Waals surface area contributed by atoms with Gasteiger partial charge in [0.1, 0.15) is 0 Å². The van der Waals surface area contributed by atoms with Crippen molar-refractivity contribution in [3.63, 3.8) is 0 Å². The molecule has 2 heterocycles. The van der Waals surface area contributed by atoms with Crippen LogP contribution < -0.4 is 10.6 Å². The number of piperazine rings is 1. The predicted molar refractivity (Wildman–Crippen MR) is 84.5 cm³/mol. The molecule has 2 saturated heterocycles. The van der Waals surface area contributed by atoms with Gasteiger partial charge in [-0.05, 0) is 32.1 Å². The lowest BCUT2D eigenvalue weighted by atomic mass is 9.85. The van der Waals surface area contributed by atoms with Gasteiger partial charge in [0.15, 0.2) is 0 Å². The normalized spacial score (nSPS) is 31.8. The molecule has 2 N–H and O–H groups in total. The zero-order chi connectivity index (χ0) is 15.5. The summed E-state index contributed by atoms with van der Waals surface area (Å²) >= 11 is 0. The number of nitrogens with zero attached hydrogens (tertiary/aromatic N) is 2. The zero-order valence-corrected chi connectivity index (χ0v) is 13.5. The number of nitrogens with one attached hydrogen (secondary N) is 2. The second kappa shape index (κ2) is 6.86. The van der Waals surface area contributed by atoms with E-state index < -0.39 is 0 Å². The van der Waals surface area contributed by atoms with Gasteiger partial charge in [-0.3, -0.25) is 4.79 Å². The number of carbonyl (C=O) groups excluding carboxylic acids is 2. The Balaban J connectivity index is 1.49. The Bertz CT molecular complexity index is 406. The van der Waals surface area contributed by atoms with Gasteiger partial charge in [-0.2, -0.15) is 0 Å². The van der Waals surface area contributed by atoms with Crippen molar-refractivity contribution in [2.75, 3.05) is 32.7 Å². The van der Waals surface area contributed by atoms with Crippen molar-refractivity contribution in [2.24, 2.45) is 5.92 Å². The van der Waals surface area contributed by atoms with Gasteiger partial charge in [0.05, 0.1) is 6.04 Å². The summed E-state index contributed by atoms with van der Waals surface area (Å²) in [6.07, 6.45) is 6.10. The summed E-state index contributed by atoms with van der Waals surface area (Å²) in [5.41, 5.74) is 0. The molecule has 6 nitrogen and oxygen atoms in total. The van der Waals surface area contributed by atoms with E-state index in [2.05, 4.69) is 10.6 Å². The number of amides is 3. The molecule has 0 spiro atoms. The van der Waals surface area contributed by atoms with Crippen LogP contribution in [-0.4, -0.2) is 66.5 Å². The number of urea groups is 1. The highest BCUT2D eigenvalue weighted by Crippen LogP contribution is 2.33. The Morgan fingerprint density at radius 1 is 1.09 bits per heavy atom. The molecule has 22 heavy (non-hydrogen) atoms.